The van der Waals surface area contributed by atoms with E-state index in [0.29, 0.717) is 39.1 Å². The molecule has 4 aromatic carbocycles. The third-order valence-corrected chi connectivity index (χ3v) is 9.91. The Morgan fingerprint density at radius 3 is 2.43 bits per heavy atom. The summed E-state index contributed by atoms with van der Waals surface area (Å²) in [5.74, 6) is -0.682. The molecule has 0 saturated heterocycles. The van der Waals surface area contributed by atoms with Crippen molar-refractivity contribution in [1.29, 1.82) is 0 Å². The summed E-state index contributed by atoms with van der Waals surface area (Å²) >= 11 is 12.3. The molecule has 0 spiro atoms. The number of benzene rings is 4. The number of halogens is 5. The molecule has 0 aromatic heterocycles. The molecule has 6 rings (SSSR count). The zero-order valence-corrected chi connectivity index (χ0v) is 30.5. The van der Waals surface area contributed by atoms with E-state index in [1.165, 1.54) is 31.3 Å². The Morgan fingerprint density at radius 1 is 0.944 bits per heavy atom. The highest BCUT2D eigenvalue weighted by Crippen LogP contribution is 2.38. The maximum absolute atomic E-state index is 14.3. The van der Waals surface area contributed by atoms with Crippen molar-refractivity contribution in [3.8, 4) is 11.5 Å². The van der Waals surface area contributed by atoms with Gasteiger partial charge in [-0.2, -0.15) is 13.2 Å². The van der Waals surface area contributed by atoms with E-state index in [2.05, 4.69) is 10.6 Å². The minimum Gasteiger partial charge on any atom is -0.457 e. The van der Waals surface area contributed by atoms with Crippen LogP contribution in [0.15, 0.2) is 91.0 Å². The van der Waals surface area contributed by atoms with Gasteiger partial charge in [-0.25, -0.2) is 0 Å². The summed E-state index contributed by atoms with van der Waals surface area (Å²) in [5, 5.41) is 5.89. The van der Waals surface area contributed by atoms with Crippen molar-refractivity contribution in [3.05, 3.63) is 129 Å². The summed E-state index contributed by atoms with van der Waals surface area (Å²) < 4.78 is 46.4. The van der Waals surface area contributed by atoms with Crippen LogP contribution in [0.4, 0.5) is 18.9 Å². The van der Waals surface area contributed by atoms with E-state index in [-0.39, 0.29) is 54.5 Å². The lowest BCUT2D eigenvalue weighted by Gasteiger charge is -2.37. The van der Waals surface area contributed by atoms with Crippen molar-refractivity contribution in [2.24, 2.45) is 0 Å². The Hall–Kier alpha value is -5.33. The standard InChI is InChI=1S/C40H35Cl2F3N4O5/c1-46-37(51)23-49(28-12-13-28)38(52)17-18-48-35(26-6-4-7-29(19-26)54-30-14-15-33(41)34(42)22-30)20-25-9-11-27(21-31(25)39(48)53)47-36(50)16-10-24-5-2-3-8-32(24)40(43,44)45/h2-11,14-16,19,21-22,28,35H,12-13,17-18,20,23H2,1H3,(H,46,51)(H,47,50)/b16-10-. The Labute approximate surface area is 319 Å². The number of nitrogens with one attached hydrogen (secondary N) is 2. The van der Waals surface area contributed by atoms with Gasteiger partial charge in [0.25, 0.3) is 5.91 Å². The lowest BCUT2D eigenvalue weighted by molar-refractivity contribution is -0.137. The van der Waals surface area contributed by atoms with Gasteiger partial charge in [-0.3, -0.25) is 19.2 Å². The molecular weight excluding hydrogens is 744 g/mol. The molecule has 2 aliphatic rings. The van der Waals surface area contributed by atoms with E-state index in [1.54, 1.807) is 58.3 Å². The van der Waals surface area contributed by atoms with Crippen LogP contribution in [0.25, 0.3) is 6.08 Å². The predicted molar refractivity (Wildman–Crippen MR) is 199 cm³/mol. The number of carbonyl (C=O) groups is 4. The SMILES string of the molecule is CNC(=O)CN(C(=O)CCN1C(=O)c2cc(NC(=O)/C=C\c3ccccc3C(F)(F)F)ccc2CC1c1cccc(Oc2ccc(Cl)c(Cl)c2)c1)C1CC1. The summed E-state index contributed by atoms with van der Waals surface area (Å²) in [4.78, 5) is 56.0. The normalized spacial score (nSPS) is 15.5. The van der Waals surface area contributed by atoms with Gasteiger partial charge in [-0.1, -0.05) is 59.6 Å². The van der Waals surface area contributed by atoms with Crippen molar-refractivity contribution in [1.82, 2.24) is 15.1 Å². The molecule has 2 N–H and O–H groups in total. The number of ether oxygens (including phenoxy) is 1. The van der Waals surface area contributed by atoms with Crippen molar-refractivity contribution in [2.45, 2.75) is 43.9 Å². The first-order valence-electron chi connectivity index (χ1n) is 17.1. The van der Waals surface area contributed by atoms with Gasteiger partial charge in [0, 0.05) is 49.4 Å². The molecule has 1 aliphatic carbocycles. The number of hydrogen-bond acceptors (Lipinski definition) is 5. The van der Waals surface area contributed by atoms with Crippen LogP contribution < -0.4 is 15.4 Å². The summed E-state index contributed by atoms with van der Waals surface area (Å²) in [5.41, 5.74) is 0.953. The fourth-order valence-corrected chi connectivity index (χ4v) is 6.60. The van der Waals surface area contributed by atoms with Gasteiger partial charge in [0.1, 0.15) is 11.5 Å². The van der Waals surface area contributed by atoms with E-state index < -0.39 is 23.7 Å². The molecule has 1 saturated carbocycles. The minimum absolute atomic E-state index is 0.0271. The summed E-state index contributed by atoms with van der Waals surface area (Å²) in [6.45, 7) is -0.0395. The predicted octanol–water partition coefficient (Wildman–Crippen LogP) is 8.32. The smallest absolute Gasteiger partial charge is 0.416 e. The summed E-state index contributed by atoms with van der Waals surface area (Å²) in [6.07, 6.45) is -0.596. The molecule has 280 valence electrons. The highest BCUT2D eigenvalue weighted by atomic mass is 35.5. The lowest BCUT2D eigenvalue weighted by atomic mass is 9.88. The van der Waals surface area contributed by atoms with E-state index in [0.717, 1.165) is 36.6 Å². The lowest BCUT2D eigenvalue weighted by Crippen LogP contribution is -2.45. The molecule has 0 radical (unpaired) electrons. The van der Waals surface area contributed by atoms with E-state index in [1.807, 2.05) is 6.07 Å². The third kappa shape index (κ3) is 9.23. The molecule has 1 heterocycles. The molecule has 1 fully saturated rings. The van der Waals surface area contributed by atoms with Gasteiger partial charge in [-0.15, -0.1) is 0 Å². The number of alkyl halides is 3. The zero-order chi connectivity index (χ0) is 38.6. The molecule has 1 aliphatic heterocycles. The number of likely N-dealkylation sites (N-methyl/N-ethyl adjacent to an activating group) is 1. The number of amides is 4. The summed E-state index contributed by atoms with van der Waals surface area (Å²) in [6, 6.07) is 21.3. The molecule has 14 heteroatoms. The monoisotopic (exact) mass is 778 g/mol. The zero-order valence-electron chi connectivity index (χ0n) is 29.0. The van der Waals surface area contributed by atoms with Crippen LogP contribution in [0.2, 0.25) is 10.0 Å². The second kappa shape index (κ2) is 16.4. The average molecular weight is 780 g/mol. The molecule has 1 atom stereocenters. The fraction of sp³-hybridized carbons (Fsp3) is 0.250. The van der Waals surface area contributed by atoms with Crippen LogP contribution >= 0.6 is 23.2 Å². The molecule has 4 aromatic rings. The maximum atomic E-state index is 14.3. The first-order valence-corrected chi connectivity index (χ1v) is 17.9. The molecular formula is C40H35Cl2F3N4O5. The number of rotatable bonds is 12. The number of carbonyl (C=O) groups excluding carboxylic acids is 4. The van der Waals surface area contributed by atoms with Crippen LogP contribution in [0.3, 0.4) is 0 Å². The number of anilines is 1. The average Bonchev–Trinajstić information content (AvgIpc) is 3.99. The van der Waals surface area contributed by atoms with Crippen molar-refractivity contribution in [2.75, 3.05) is 25.5 Å². The quantitative estimate of drug-likeness (QED) is 0.141. The Bertz CT molecular complexity index is 2120. The van der Waals surface area contributed by atoms with Crippen LogP contribution in [0, 0.1) is 0 Å². The van der Waals surface area contributed by atoms with E-state index in [9.17, 15) is 32.3 Å². The van der Waals surface area contributed by atoms with Crippen LogP contribution in [-0.2, 0) is 27.0 Å². The van der Waals surface area contributed by atoms with Crippen molar-refractivity contribution >= 4 is 58.6 Å². The second-order valence-electron chi connectivity index (χ2n) is 12.9. The molecule has 9 nitrogen and oxygen atoms in total. The van der Waals surface area contributed by atoms with Crippen molar-refractivity contribution in [3.63, 3.8) is 0 Å². The molecule has 0 bridgehead atoms. The number of fused-ring (bicyclic) bond motifs is 1. The second-order valence-corrected chi connectivity index (χ2v) is 13.7. The maximum Gasteiger partial charge on any atom is 0.416 e. The van der Waals surface area contributed by atoms with Crippen LogP contribution in [-0.4, -0.2) is 59.6 Å². The molecule has 1 unspecified atom stereocenters. The molecule has 54 heavy (non-hydrogen) atoms. The topological polar surface area (TPSA) is 108 Å². The van der Waals surface area contributed by atoms with E-state index >= 15 is 0 Å². The Kier molecular flexibility index (Phi) is 11.6. The number of nitrogens with zero attached hydrogens (tertiary/aromatic N) is 2. The highest BCUT2D eigenvalue weighted by Gasteiger charge is 2.37. The Morgan fingerprint density at radius 2 is 1.70 bits per heavy atom. The van der Waals surface area contributed by atoms with Crippen LogP contribution in [0.1, 0.15) is 57.9 Å². The Balaban J connectivity index is 1.26. The first kappa shape index (κ1) is 38.4. The number of hydrogen-bond donors (Lipinski definition) is 2. The van der Waals surface area contributed by atoms with Gasteiger partial charge in [0.05, 0.1) is 28.2 Å². The molecule has 4 amide bonds. The largest absolute Gasteiger partial charge is 0.457 e. The minimum atomic E-state index is -4.59. The van der Waals surface area contributed by atoms with Gasteiger partial charge in [0.15, 0.2) is 0 Å². The van der Waals surface area contributed by atoms with Gasteiger partial charge in [0.2, 0.25) is 17.7 Å². The van der Waals surface area contributed by atoms with Crippen molar-refractivity contribution < 1.29 is 37.1 Å². The van der Waals surface area contributed by atoms with Gasteiger partial charge < -0.3 is 25.2 Å². The van der Waals surface area contributed by atoms with E-state index in [4.69, 9.17) is 27.9 Å². The summed E-state index contributed by atoms with van der Waals surface area (Å²) in [7, 11) is 1.51. The highest BCUT2D eigenvalue weighted by molar-refractivity contribution is 6.42. The first-order chi connectivity index (χ1) is 25.8. The third-order valence-electron chi connectivity index (χ3n) is 9.18. The van der Waals surface area contributed by atoms with Gasteiger partial charge >= 0.3 is 6.18 Å². The van der Waals surface area contributed by atoms with Crippen LogP contribution in [0.5, 0.6) is 11.5 Å². The van der Waals surface area contributed by atoms with Gasteiger partial charge in [-0.05, 0) is 84.5 Å². The fourth-order valence-electron chi connectivity index (χ4n) is 6.31.